The SMILES string of the molecule is COc1ccc2c(c1)c(=O)[nH]n2Cc1ccc(C)cc1C. The van der Waals surface area contributed by atoms with Gasteiger partial charge in [-0.15, -0.1) is 0 Å². The van der Waals surface area contributed by atoms with Gasteiger partial charge < -0.3 is 4.74 Å². The second kappa shape index (κ2) is 5.13. The Hall–Kier alpha value is -2.49. The molecule has 0 bridgehead atoms. The molecule has 0 unspecified atom stereocenters. The number of aromatic amines is 1. The minimum Gasteiger partial charge on any atom is -0.497 e. The van der Waals surface area contributed by atoms with Gasteiger partial charge >= 0.3 is 0 Å². The number of nitrogens with zero attached hydrogens (tertiary/aromatic N) is 1. The zero-order valence-corrected chi connectivity index (χ0v) is 12.4. The highest BCUT2D eigenvalue weighted by atomic mass is 16.5. The molecular weight excluding hydrogens is 264 g/mol. The van der Waals surface area contributed by atoms with Crippen LogP contribution in [0.5, 0.6) is 5.75 Å². The Morgan fingerprint density at radius 1 is 1.14 bits per heavy atom. The molecular formula is C17H18N2O2. The van der Waals surface area contributed by atoms with E-state index in [4.69, 9.17) is 4.74 Å². The Kier molecular flexibility index (Phi) is 3.29. The van der Waals surface area contributed by atoms with Crippen molar-refractivity contribution in [3.8, 4) is 5.75 Å². The van der Waals surface area contributed by atoms with Gasteiger partial charge in [-0.3, -0.25) is 14.6 Å². The van der Waals surface area contributed by atoms with Crippen LogP contribution in [0.4, 0.5) is 0 Å². The van der Waals surface area contributed by atoms with E-state index in [1.54, 1.807) is 13.2 Å². The Bertz CT molecular complexity index is 859. The number of benzene rings is 2. The minimum absolute atomic E-state index is 0.0892. The van der Waals surface area contributed by atoms with Crippen molar-refractivity contribution in [3.63, 3.8) is 0 Å². The number of fused-ring (bicyclic) bond motifs is 1. The summed E-state index contributed by atoms with van der Waals surface area (Å²) in [5, 5.41) is 3.55. The van der Waals surface area contributed by atoms with E-state index in [0.717, 1.165) is 5.52 Å². The Morgan fingerprint density at radius 2 is 1.95 bits per heavy atom. The number of rotatable bonds is 3. The number of methoxy groups -OCH3 is 1. The minimum atomic E-state index is -0.0892. The van der Waals surface area contributed by atoms with Crippen molar-refractivity contribution in [2.75, 3.05) is 7.11 Å². The van der Waals surface area contributed by atoms with Crippen LogP contribution in [0, 0.1) is 13.8 Å². The highest BCUT2D eigenvalue weighted by Crippen LogP contribution is 2.19. The first kappa shape index (κ1) is 13.5. The number of H-pyrrole nitrogens is 1. The fourth-order valence-electron chi connectivity index (χ4n) is 2.62. The molecule has 0 saturated carbocycles. The molecule has 1 N–H and O–H groups in total. The second-order valence-corrected chi connectivity index (χ2v) is 5.34. The van der Waals surface area contributed by atoms with Crippen molar-refractivity contribution >= 4 is 10.9 Å². The van der Waals surface area contributed by atoms with Crippen molar-refractivity contribution in [1.29, 1.82) is 0 Å². The lowest BCUT2D eigenvalue weighted by atomic mass is 10.1. The third-order valence-corrected chi connectivity index (χ3v) is 3.80. The molecule has 0 amide bonds. The largest absolute Gasteiger partial charge is 0.497 e. The van der Waals surface area contributed by atoms with Crippen LogP contribution in [0.3, 0.4) is 0 Å². The van der Waals surface area contributed by atoms with Crippen molar-refractivity contribution in [1.82, 2.24) is 9.78 Å². The lowest BCUT2D eigenvalue weighted by Crippen LogP contribution is -2.07. The first-order valence-electron chi connectivity index (χ1n) is 6.91. The van der Waals surface area contributed by atoms with Crippen LogP contribution in [0.25, 0.3) is 10.9 Å². The predicted octanol–water partition coefficient (Wildman–Crippen LogP) is 3.00. The standard InChI is InChI=1S/C17H18N2O2/c1-11-4-5-13(12(2)8-11)10-19-16-7-6-14(21-3)9-15(16)17(20)18-19/h4-9H,10H2,1-3H3,(H,18,20). The highest BCUT2D eigenvalue weighted by Gasteiger charge is 2.09. The third-order valence-electron chi connectivity index (χ3n) is 3.80. The van der Waals surface area contributed by atoms with E-state index < -0.39 is 0 Å². The molecule has 0 atom stereocenters. The van der Waals surface area contributed by atoms with Gasteiger partial charge in [0.05, 0.1) is 24.6 Å². The van der Waals surface area contributed by atoms with Gasteiger partial charge in [-0.05, 0) is 43.2 Å². The molecule has 3 aromatic rings. The van der Waals surface area contributed by atoms with E-state index in [-0.39, 0.29) is 5.56 Å². The molecule has 4 nitrogen and oxygen atoms in total. The van der Waals surface area contributed by atoms with Crippen LogP contribution in [0.2, 0.25) is 0 Å². The fourth-order valence-corrected chi connectivity index (χ4v) is 2.62. The quantitative estimate of drug-likeness (QED) is 0.802. The lowest BCUT2D eigenvalue weighted by Gasteiger charge is -2.09. The molecule has 2 aromatic carbocycles. The van der Waals surface area contributed by atoms with Crippen molar-refractivity contribution in [2.45, 2.75) is 20.4 Å². The number of aryl methyl sites for hydroxylation is 2. The normalized spacial score (nSPS) is 11.0. The van der Waals surface area contributed by atoms with Gasteiger partial charge in [-0.2, -0.15) is 0 Å². The molecule has 0 aliphatic rings. The number of aromatic nitrogens is 2. The van der Waals surface area contributed by atoms with Gasteiger partial charge in [-0.25, -0.2) is 0 Å². The van der Waals surface area contributed by atoms with Crippen LogP contribution in [-0.2, 0) is 6.54 Å². The highest BCUT2D eigenvalue weighted by molar-refractivity contribution is 5.80. The van der Waals surface area contributed by atoms with Gasteiger partial charge in [0.2, 0.25) is 0 Å². The molecule has 1 heterocycles. The summed E-state index contributed by atoms with van der Waals surface area (Å²) >= 11 is 0. The third kappa shape index (κ3) is 2.44. The zero-order chi connectivity index (χ0) is 15.0. The maximum atomic E-state index is 12.1. The molecule has 0 aliphatic carbocycles. The monoisotopic (exact) mass is 282 g/mol. The van der Waals surface area contributed by atoms with Crippen molar-refractivity contribution in [3.05, 3.63) is 63.4 Å². The first-order chi connectivity index (χ1) is 10.1. The molecule has 0 fully saturated rings. The van der Waals surface area contributed by atoms with E-state index >= 15 is 0 Å². The predicted molar refractivity (Wildman–Crippen MR) is 84.1 cm³/mol. The van der Waals surface area contributed by atoms with E-state index in [1.165, 1.54) is 16.7 Å². The van der Waals surface area contributed by atoms with E-state index in [1.807, 2.05) is 16.8 Å². The average molecular weight is 282 g/mol. The molecule has 1 aromatic heterocycles. The molecule has 0 radical (unpaired) electrons. The molecule has 0 spiro atoms. The molecule has 0 aliphatic heterocycles. The number of hydrogen-bond donors (Lipinski definition) is 1. The number of ether oxygens (including phenoxy) is 1. The molecule has 108 valence electrons. The first-order valence-corrected chi connectivity index (χ1v) is 6.91. The van der Waals surface area contributed by atoms with Gasteiger partial charge in [0.15, 0.2) is 0 Å². The van der Waals surface area contributed by atoms with Crippen LogP contribution in [0.15, 0.2) is 41.2 Å². The zero-order valence-electron chi connectivity index (χ0n) is 12.4. The van der Waals surface area contributed by atoms with E-state index in [0.29, 0.717) is 17.7 Å². The maximum absolute atomic E-state index is 12.1. The average Bonchev–Trinajstić information content (AvgIpc) is 2.78. The second-order valence-electron chi connectivity index (χ2n) is 5.34. The molecule has 21 heavy (non-hydrogen) atoms. The van der Waals surface area contributed by atoms with Gasteiger partial charge in [-0.1, -0.05) is 23.8 Å². The van der Waals surface area contributed by atoms with Crippen molar-refractivity contribution in [2.24, 2.45) is 0 Å². The van der Waals surface area contributed by atoms with Gasteiger partial charge in [0.25, 0.3) is 5.56 Å². The summed E-state index contributed by atoms with van der Waals surface area (Å²) in [5.74, 6) is 0.692. The van der Waals surface area contributed by atoms with Crippen molar-refractivity contribution < 1.29 is 4.74 Å². The summed E-state index contributed by atoms with van der Waals surface area (Å²) in [7, 11) is 1.60. The van der Waals surface area contributed by atoms with Crippen LogP contribution >= 0.6 is 0 Å². The fraction of sp³-hybridized carbons (Fsp3) is 0.235. The smallest absolute Gasteiger partial charge is 0.272 e. The van der Waals surface area contributed by atoms with E-state index in [2.05, 4.69) is 37.1 Å². The summed E-state index contributed by atoms with van der Waals surface area (Å²) < 4.78 is 7.06. The Morgan fingerprint density at radius 3 is 2.67 bits per heavy atom. The summed E-state index contributed by atoms with van der Waals surface area (Å²) in [6.07, 6.45) is 0. The molecule has 0 saturated heterocycles. The Labute approximate surface area is 123 Å². The van der Waals surface area contributed by atoms with Crippen LogP contribution in [-0.4, -0.2) is 16.9 Å². The van der Waals surface area contributed by atoms with Crippen LogP contribution in [0.1, 0.15) is 16.7 Å². The summed E-state index contributed by atoms with van der Waals surface area (Å²) in [6.45, 7) is 4.82. The molecule has 3 rings (SSSR count). The van der Waals surface area contributed by atoms with Gasteiger partial charge in [0, 0.05) is 0 Å². The number of nitrogens with one attached hydrogen (secondary N) is 1. The van der Waals surface area contributed by atoms with E-state index in [9.17, 15) is 4.79 Å². The lowest BCUT2D eigenvalue weighted by molar-refractivity contribution is 0.415. The topological polar surface area (TPSA) is 47.0 Å². The van der Waals surface area contributed by atoms with Crippen LogP contribution < -0.4 is 10.3 Å². The summed E-state index contributed by atoms with van der Waals surface area (Å²) in [6, 6.07) is 11.9. The number of hydrogen-bond acceptors (Lipinski definition) is 2. The summed E-state index contributed by atoms with van der Waals surface area (Å²) in [5.41, 5.74) is 4.47. The Balaban J connectivity index is 2.07. The van der Waals surface area contributed by atoms with Gasteiger partial charge in [0.1, 0.15) is 5.75 Å². The summed E-state index contributed by atoms with van der Waals surface area (Å²) in [4.78, 5) is 12.1. The maximum Gasteiger partial charge on any atom is 0.272 e. The molecule has 4 heteroatoms.